The highest BCUT2D eigenvalue weighted by atomic mass is 16.5. The fraction of sp³-hybridized carbons (Fsp3) is 1.00. The van der Waals surface area contributed by atoms with E-state index in [1.165, 1.54) is 32.1 Å². The Bertz CT molecular complexity index is 167. The van der Waals surface area contributed by atoms with Crippen LogP contribution in [0.5, 0.6) is 0 Å². The largest absolute Gasteiger partial charge is 0.385 e. The Balaban J connectivity index is 1.89. The molecule has 13 heavy (non-hydrogen) atoms. The summed E-state index contributed by atoms with van der Waals surface area (Å²) in [6, 6.07) is 0. The van der Waals surface area contributed by atoms with E-state index in [0.29, 0.717) is 0 Å². The van der Waals surface area contributed by atoms with Crippen molar-refractivity contribution in [1.82, 2.24) is 0 Å². The van der Waals surface area contributed by atoms with Gasteiger partial charge in [-0.3, -0.25) is 0 Å². The Hall–Kier alpha value is -0.0400. The second kappa shape index (κ2) is 4.00. The number of ether oxygens (including phenoxy) is 1. The molecule has 0 radical (unpaired) electrons. The fourth-order valence-electron chi connectivity index (χ4n) is 3.54. The van der Waals surface area contributed by atoms with Crippen LogP contribution in [-0.2, 0) is 4.74 Å². The Morgan fingerprint density at radius 1 is 1.31 bits per heavy atom. The lowest BCUT2D eigenvalue weighted by atomic mass is 9.71. The van der Waals surface area contributed by atoms with Crippen molar-refractivity contribution in [2.75, 3.05) is 13.7 Å². The monoisotopic (exact) mass is 182 g/mol. The van der Waals surface area contributed by atoms with Crippen molar-refractivity contribution in [3.8, 4) is 0 Å². The minimum Gasteiger partial charge on any atom is -0.385 e. The van der Waals surface area contributed by atoms with Gasteiger partial charge < -0.3 is 4.74 Å². The molecule has 0 aliphatic heterocycles. The van der Waals surface area contributed by atoms with Gasteiger partial charge in [0, 0.05) is 13.7 Å². The zero-order chi connectivity index (χ0) is 9.26. The van der Waals surface area contributed by atoms with Gasteiger partial charge in [0.25, 0.3) is 0 Å². The molecule has 2 rings (SSSR count). The van der Waals surface area contributed by atoms with Crippen molar-refractivity contribution in [1.29, 1.82) is 0 Å². The van der Waals surface area contributed by atoms with E-state index in [1.807, 2.05) is 7.11 Å². The van der Waals surface area contributed by atoms with Crippen molar-refractivity contribution >= 4 is 0 Å². The SMILES string of the molecule is CCC1CC2CCC2C1CCOC. The topological polar surface area (TPSA) is 9.23 Å². The van der Waals surface area contributed by atoms with Crippen LogP contribution in [0, 0.1) is 23.7 Å². The van der Waals surface area contributed by atoms with Crippen LogP contribution in [0.2, 0.25) is 0 Å². The van der Waals surface area contributed by atoms with Crippen molar-refractivity contribution in [3.63, 3.8) is 0 Å². The first-order chi connectivity index (χ1) is 6.36. The van der Waals surface area contributed by atoms with Gasteiger partial charge in [0.1, 0.15) is 0 Å². The summed E-state index contributed by atoms with van der Waals surface area (Å²) in [4.78, 5) is 0. The van der Waals surface area contributed by atoms with Crippen molar-refractivity contribution < 1.29 is 4.74 Å². The van der Waals surface area contributed by atoms with Crippen molar-refractivity contribution in [2.24, 2.45) is 23.7 Å². The summed E-state index contributed by atoms with van der Waals surface area (Å²) in [6.07, 6.45) is 7.26. The quantitative estimate of drug-likeness (QED) is 0.649. The van der Waals surface area contributed by atoms with Gasteiger partial charge in [0.2, 0.25) is 0 Å². The molecular weight excluding hydrogens is 160 g/mol. The van der Waals surface area contributed by atoms with Gasteiger partial charge in [-0.15, -0.1) is 0 Å². The van der Waals surface area contributed by atoms with Crippen LogP contribution in [0.3, 0.4) is 0 Å². The summed E-state index contributed by atoms with van der Waals surface area (Å²) in [6.45, 7) is 3.33. The maximum atomic E-state index is 5.20. The van der Waals surface area contributed by atoms with Crippen LogP contribution in [0.4, 0.5) is 0 Å². The Labute approximate surface area is 81.9 Å². The average molecular weight is 182 g/mol. The predicted octanol–water partition coefficient (Wildman–Crippen LogP) is 3.10. The van der Waals surface area contributed by atoms with Gasteiger partial charge >= 0.3 is 0 Å². The summed E-state index contributed by atoms with van der Waals surface area (Å²) in [5.41, 5.74) is 0. The van der Waals surface area contributed by atoms with Crippen molar-refractivity contribution in [3.05, 3.63) is 0 Å². The van der Waals surface area contributed by atoms with E-state index in [9.17, 15) is 0 Å². The first kappa shape index (κ1) is 9.51. The van der Waals surface area contributed by atoms with Crippen molar-refractivity contribution in [2.45, 2.75) is 39.0 Å². The van der Waals surface area contributed by atoms with Gasteiger partial charge in [-0.1, -0.05) is 13.3 Å². The molecule has 0 heterocycles. The lowest BCUT2D eigenvalue weighted by Crippen LogP contribution is -2.26. The molecule has 0 spiro atoms. The van der Waals surface area contributed by atoms with E-state index in [-0.39, 0.29) is 0 Å². The third-order valence-electron chi connectivity index (χ3n) is 4.42. The molecule has 0 aromatic heterocycles. The lowest BCUT2D eigenvalue weighted by molar-refractivity contribution is 0.115. The number of rotatable bonds is 4. The van der Waals surface area contributed by atoms with Gasteiger partial charge in [0.05, 0.1) is 0 Å². The van der Waals surface area contributed by atoms with Gasteiger partial charge in [0.15, 0.2) is 0 Å². The number of hydrogen-bond acceptors (Lipinski definition) is 1. The molecule has 0 bridgehead atoms. The average Bonchev–Trinajstić information content (AvgIpc) is 2.34. The second-order valence-electron chi connectivity index (χ2n) is 4.85. The third-order valence-corrected chi connectivity index (χ3v) is 4.42. The first-order valence-corrected chi connectivity index (χ1v) is 5.85. The smallest absolute Gasteiger partial charge is 0.0465 e. The minimum absolute atomic E-state index is 0.977. The minimum atomic E-state index is 0.977. The van der Waals surface area contributed by atoms with Crippen LogP contribution in [0.25, 0.3) is 0 Å². The number of fused-ring (bicyclic) bond motifs is 1. The molecule has 2 aliphatic carbocycles. The Morgan fingerprint density at radius 2 is 2.15 bits per heavy atom. The van der Waals surface area contributed by atoms with Crippen LogP contribution in [0.1, 0.15) is 39.0 Å². The molecular formula is C12H22O. The molecule has 0 aromatic carbocycles. The zero-order valence-corrected chi connectivity index (χ0v) is 8.96. The van der Waals surface area contributed by atoms with Gasteiger partial charge in [-0.2, -0.15) is 0 Å². The van der Waals surface area contributed by atoms with E-state index in [0.717, 1.165) is 30.3 Å². The fourth-order valence-corrected chi connectivity index (χ4v) is 3.54. The molecule has 2 saturated carbocycles. The molecule has 4 atom stereocenters. The second-order valence-corrected chi connectivity index (χ2v) is 4.85. The zero-order valence-electron chi connectivity index (χ0n) is 8.96. The lowest BCUT2D eigenvalue weighted by Gasteiger charge is -2.34. The highest BCUT2D eigenvalue weighted by Crippen LogP contribution is 2.55. The summed E-state index contributed by atoms with van der Waals surface area (Å²) < 4.78 is 5.20. The van der Waals surface area contributed by atoms with E-state index >= 15 is 0 Å². The molecule has 76 valence electrons. The molecule has 2 fully saturated rings. The first-order valence-electron chi connectivity index (χ1n) is 5.85. The number of methoxy groups -OCH3 is 1. The maximum absolute atomic E-state index is 5.20. The van der Waals surface area contributed by atoms with E-state index < -0.39 is 0 Å². The van der Waals surface area contributed by atoms with Crippen LogP contribution < -0.4 is 0 Å². The molecule has 4 unspecified atom stereocenters. The predicted molar refractivity (Wildman–Crippen MR) is 54.6 cm³/mol. The molecule has 1 nitrogen and oxygen atoms in total. The normalized spacial score (nSPS) is 42.9. The summed E-state index contributed by atoms with van der Waals surface area (Å²) in [5, 5.41) is 0. The number of hydrogen-bond donors (Lipinski definition) is 0. The van der Waals surface area contributed by atoms with Gasteiger partial charge in [-0.05, 0) is 49.4 Å². The standard InChI is InChI=1S/C12H22O/c1-3-9-8-10-4-5-11(10)12(9)6-7-13-2/h9-12H,3-8H2,1-2H3. The molecule has 0 amide bonds. The van der Waals surface area contributed by atoms with Crippen LogP contribution in [-0.4, -0.2) is 13.7 Å². The molecule has 0 aromatic rings. The third kappa shape index (κ3) is 1.63. The summed E-state index contributed by atoms with van der Waals surface area (Å²) >= 11 is 0. The molecule has 0 N–H and O–H groups in total. The van der Waals surface area contributed by atoms with E-state index in [2.05, 4.69) is 6.92 Å². The van der Waals surface area contributed by atoms with Crippen LogP contribution in [0.15, 0.2) is 0 Å². The Morgan fingerprint density at radius 3 is 2.69 bits per heavy atom. The molecule has 1 heteroatoms. The van der Waals surface area contributed by atoms with E-state index in [4.69, 9.17) is 4.74 Å². The highest BCUT2D eigenvalue weighted by molar-refractivity contribution is 4.96. The molecule has 0 saturated heterocycles. The summed E-state index contributed by atoms with van der Waals surface area (Å²) in [7, 11) is 1.83. The highest BCUT2D eigenvalue weighted by Gasteiger charge is 2.46. The van der Waals surface area contributed by atoms with Crippen LogP contribution >= 0.6 is 0 Å². The maximum Gasteiger partial charge on any atom is 0.0465 e. The van der Waals surface area contributed by atoms with Gasteiger partial charge in [-0.25, -0.2) is 0 Å². The Kier molecular flexibility index (Phi) is 2.92. The van der Waals surface area contributed by atoms with E-state index in [1.54, 1.807) is 0 Å². The summed E-state index contributed by atoms with van der Waals surface area (Å²) in [5.74, 6) is 4.21. The molecule has 2 aliphatic rings.